The smallest absolute Gasteiger partial charge is 0.203 e. The third-order valence-electron chi connectivity index (χ3n) is 5.43. The summed E-state index contributed by atoms with van der Waals surface area (Å²) in [6.45, 7) is 2.99. The van der Waals surface area contributed by atoms with Gasteiger partial charge in [0.2, 0.25) is 4.77 Å². The van der Waals surface area contributed by atoms with Gasteiger partial charge in [-0.05, 0) is 53.7 Å². The van der Waals surface area contributed by atoms with E-state index in [1.165, 1.54) is 33.8 Å². The molecule has 1 aliphatic carbocycles. The first-order valence-corrected chi connectivity index (χ1v) is 10.9. The van der Waals surface area contributed by atoms with Crippen LogP contribution in [0.2, 0.25) is 0 Å². The van der Waals surface area contributed by atoms with E-state index in [1.54, 1.807) is 11.3 Å². The van der Waals surface area contributed by atoms with E-state index in [2.05, 4.69) is 63.2 Å². The summed E-state index contributed by atoms with van der Waals surface area (Å²) in [7, 11) is 0. The van der Waals surface area contributed by atoms with E-state index in [9.17, 15) is 0 Å². The highest BCUT2D eigenvalue weighted by Crippen LogP contribution is 2.39. The van der Waals surface area contributed by atoms with E-state index in [4.69, 9.17) is 17.3 Å². The normalized spacial score (nSPS) is 19.9. The van der Waals surface area contributed by atoms with Crippen LogP contribution in [0.5, 0.6) is 0 Å². The molecule has 1 aromatic carbocycles. The summed E-state index contributed by atoms with van der Waals surface area (Å²) in [6, 6.07) is 15.5. The number of rotatable bonds is 5. The largest absolute Gasteiger partial charge is 0.313 e. The lowest BCUT2D eigenvalue weighted by molar-refractivity contribution is -0.918. The number of aromatic nitrogens is 3. The highest BCUT2D eigenvalue weighted by atomic mass is 32.1. The molecule has 2 aromatic heterocycles. The van der Waals surface area contributed by atoms with Gasteiger partial charge >= 0.3 is 0 Å². The second-order valence-electron chi connectivity index (χ2n) is 7.39. The predicted molar refractivity (Wildman–Crippen MR) is 112 cm³/mol. The van der Waals surface area contributed by atoms with Gasteiger partial charge in [0.15, 0.2) is 12.5 Å². The summed E-state index contributed by atoms with van der Waals surface area (Å²) in [4.78, 5) is 2.73. The number of hydrogen-bond acceptors (Lipinski definition) is 3. The van der Waals surface area contributed by atoms with Crippen molar-refractivity contribution in [3.05, 3.63) is 64.3 Å². The van der Waals surface area contributed by atoms with Crippen LogP contribution in [-0.2, 0) is 6.67 Å². The van der Waals surface area contributed by atoms with Crippen molar-refractivity contribution in [1.29, 1.82) is 0 Å². The maximum atomic E-state index is 5.81. The van der Waals surface area contributed by atoms with Gasteiger partial charge in [-0.1, -0.05) is 36.4 Å². The second-order valence-corrected chi connectivity index (χ2v) is 8.70. The van der Waals surface area contributed by atoms with Gasteiger partial charge in [-0.3, -0.25) is 4.57 Å². The van der Waals surface area contributed by atoms with Crippen LogP contribution >= 0.6 is 23.6 Å². The number of nitrogens with one attached hydrogen (secondary N) is 1. The summed E-state index contributed by atoms with van der Waals surface area (Å²) < 4.78 is 5.22. The van der Waals surface area contributed by atoms with Crippen molar-refractivity contribution in [2.75, 3.05) is 13.1 Å². The molecule has 0 amide bonds. The van der Waals surface area contributed by atoms with Crippen molar-refractivity contribution >= 4 is 29.1 Å². The zero-order chi connectivity index (χ0) is 18.2. The van der Waals surface area contributed by atoms with Gasteiger partial charge in [-0.25, -0.2) is 0 Å². The Morgan fingerprint density at radius 3 is 2.67 bits per heavy atom. The van der Waals surface area contributed by atoms with Gasteiger partial charge in [0.1, 0.15) is 0 Å². The Labute approximate surface area is 168 Å². The molecular formula is C21H23N4S2+. The minimum absolute atomic E-state index is 0.546. The number of hydrogen-bond donors (Lipinski definition) is 1. The average Bonchev–Trinajstić information content (AvgIpc) is 3.29. The monoisotopic (exact) mass is 395 g/mol. The third-order valence-corrected chi connectivity index (χ3v) is 6.70. The third kappa shape index (κ3) is 3.45. The Morgan fingerprint density at radius 1 is 1.15 bits per heavy atom. The Kier molecular flexibility index (Phi) is 4.55. The molecule has 0 spiro atoms. The summed E-state index contributed by atoms with van der Waals surface area (Å²) in [5.41, 5.74) is 2.82. The standard InChI is InChI=1S/C21H22N4S2/c26-21-24(22-20(19-7-4-14-27-19)25(21)18-8-9-18)15-23-12-10-17(11-13-23)16-5-2-1-3-6-16/h1-7,10,14,18H,8-9,11-13,15H2/p+1. The van der Waals surface area contributed by atoms with Crippen molar-refractivity contribution < 1.29 is 4.90 Å². The maximum Gasteiger partial charge on any atom is 0.203 e. The summed E-state index contributed by atoms with van der Waals surface area (Å²) >= 11 is 7.55. The quantitative estimate of drug-likeness (QED) is 0.665. The van der Waals surface area contributed by atoms with Crippen LogP contribution < -0.4 is 4.90 Å². The zero-order valence-corrected chi connectivity index (χ0v) is 16.8. The van der Waals surface area contributed by atoms with Crippen LogP contribution in [0.15, 0.2) is 53.9 Å². The molecule has 6 heteroatoms. The molecule has 27 heavy (non-hydrogen) atoms. The fourth-order valence-corrected chi connectivity index (χ4v) is 4.86. The molecule has 0 bridgehead atoms. The Hall–Kier alpha value is -2.02. The van der Waals surface area contributed by atoms with Crippen LogP contribution in [0.25, 0.3) is 16.3 Å². The molecule has 1 aliphatic heterocycles. The average molecular weight is 396 g/mol. The molecule has 1 atom stereocenters. The minimum atomic E-state index is 0.546. The van der Waals surface area contributed by atoms with Gasteiger partial charge in [-0.2, -0.15) is 4.68 Å². The highest BCUT2D eigenvalue weighted by Gasteiger charge is 2.30. The Morgan fingerprint density at radius 2 is 2.00 bits per heavy atom. The summed E-state index contributed by atoms with van der Waals surface area (Å²) in [5.74, 6) is 1.05. The molecule has 0 saturated heterocycles. The molecule has 138 valence electrons. The highest BCUT2D eigenvalue weighted by molar-refractivity contribution is 7.71. The minimum Gasteiger partial charge on any atom is -0.313 e. The first-order valence-electron chi connectivity index (χ1n) is 9.61. The van der Waals surface area contributed by atoms with Crippen LogP contribution in [-0.4, -0.2) is 27.4 Å². The van der Waals surface area contributed by atoms with Gasteiger partial charge in [0.25, 0.3) is 0 Å². The Bertz CT molecular complexity index is 1010. The summed E-state index contributed by atoms with van der Waals surface area (Å²) in [5, 5.41) is 7.04. The molecule has 2 aliphatic rings. The topological polar surface area (TPSA) is 27.2 Å². The van der Waals surface area contributed by atoms with Crippen LogP contribution in [0.3, 0.4) is 0 Å². The predicted octanol–water partition coefficient (Wildman–Crippen LogP) is 3.81. The number of thiophene rings is 1. The molecule has 1 fully saturated rings. The van der Waals surface area contributed by atoms with Gasteiger partial charge < -0.3 is 4.90 Å². The van der Waals surface area contributed by atoms with Crippen molar-refractivity contribution in [2.24, 2.45) is 0 Å². The van der Waals surface area contributed by atoms with Crippen LogP contribution in [0, 0.1) is 4.77 Å². The lowest BCUT2D eigenvalue weighted by atomic mass is 10.00. The molecule has 1 unspecified atom stereocenters. The lowest BCUT2D eigenvalue weighted by Crippen LogP contribution is -3.11. The van der Waals surface area contributed by atoms with Crippen molar-refractivity contribution in [1.82, 2.24) is 14.3 Å². The molecule has 3 aromatic rings. The zero-order valence-electron chi connectivity index (χ0n) is 15.2. The molecular weight excluding hydrogens is 372 g/mol. The number of quaternary nitrogens is 1. The van der Waals surface area contributed by atoms with Gasteiger partial charge in [0.05, 0.1) is 18.0 Å². The fourth-order valence-electron chi connectivity index (χ4n) is 3.81. The van der Waals surface area contributed by atoms with Crippen molar-refractivity contribution in [2.45, 2.75) is 32.0 Å². The molecule has 1 saturated carbocycles. The van der Waals surface area contributed by atoms with E-state index in [1.807, 2.05) is 0 Å². The Balaban J connectivity index is 1.37. The molecule has 3 heterocycles. The second kappa shape index (κ2) is 7.19. The van der Waals surface area contributed by atoms with E-state index < -0.39 is 0 Å². The molecule has 5 rings (SSSR count). The van der Waals surface area contributed by atoms with Crippen molar-refractivity contribution in [3.63, 3.8) is 0 Å². The van der Waals surface area contributed by atoms with E-state index in [0.717, 1.165) is 36.8 Å². The summed E-state index contributed by atoms with van der Waals surface area (Å²) in [6.07, 6.45) is 5.93. The van der Waals surface area contributed by atoms with E-state index >= 15 is 0 Å². The first kappa shape index (κ1) is 17.1. The van der Waals surface area contributed by atoms with Crippen LogP contribution in [0.1, 0.15) is 30.9 Å². The lowest BCUT2D eigenvalue weighted by Gasteiger charge is -2.23. The van der Waals surface area contributed by atoms with E-state index in [-0.39, 0.29) is 0 Å². The first-order chi connectivity index (χ1) is 13.3. The van der Waals surface area contributed by atoms with E-state index in [0.29, 0.717) is 6.04 Å². The molecule has 4 nitrogen and oxygen atoms in total. The molecule has 1 N–H and O–H groups in total. The van der Waals surface area contributed by atoms with Gasteiger partial charge in [-0.15, -0.1) is 16.4 Å². The number of nitrogens with zero attached hydrogens (tertiary/aromatic N) is 3. The fraction of sp³-hybridized carbons (Fsp3) is 0.333. The van der Waals surface area contributed by atoms with Crippen molar-refractivity contribution in [3.8, 4) is 10.7 Å². The van der Waals surface area contributed by atoms with Crippen LogP contribution in [0.4, 0.5) is 0 Å². The number of benzene rings is 1. The molecule has 0 radical (unpaired) electrons. The SMILES string of the molecule is S=c1n(C[NH+]2CC=C(c3ccccc3)CC2)nc(-c2cccs2)n1C1CC1. The van der Waals surface area contributed by atoms with Gasteiger partial charge in [0, 0.05) is 12.5 Å². The maximum absolute atomic E-state index is 5.81.